The van der Waals surface area contributed by atoms with Gasteiger partial charge in [0.05, 0.1) is 18.1 Å². The third-order valence-electron chi connectivity index (χ3n) is 2.00. The van der Waals surface area contributed by atoms with Crippen LogP contribution >= 0.6 is 0 Å². The molecule has 2 atom stereocenters. The molecule has 5 nitrogen and oxygen atoms in total. The number of amides is 1. The largest absolute Gasteiger partial charge is 0.530 e. The molecule has 0 saturated carbocycles. The average molecular weight is 169 g/mol. The Morgan fingerprint density at radius 3 is 2.92 bits per heavy atom. The number of carbonyl (C=O) groups is 1. The zero-order valence-electron chi connectivity index (χ0n) is 6.43. The summed E-state index contributed by atoms with van der Waals surface area (Å²) in [6.07, 6.45) is -1.67. The monoisotopic (exact) mass is 169 g/mol. The van der Waals surface area contributed by atoms with Gasteiger partial charge in [0, 0.05) is 13.1 Å². The first-order valence-electron chi connectivity index (χ1n) is 3.68. The second-order valence-electron chi connectivity index (χ2n) is 2.80. The van der Waals surface area contributed by atoms with Crippen molar-refractivity contribution in [1.82, 2.24) is 4.90 Å². The lowest BCUT2D eigenvalue weighted by Gasteiger charge is -2.34. The molecule has 5 heteroatoms. The molecule has 2 unspecified atom stereocenters. The Morgan fingerprint density at radius 1 is 1.75 bits per heavy atom. The molecule has 66 valence electrons. The molecule has 1 N–H and O–H groups in total. The molecular formula is C7H9N2O3-. The van der Waals surface area contributed by atoms with Gasteiger partial charge in [0.2, 0.25) is 0 Å². The van der Waals surface area contributed by atoms with Gasteiger partial charge in [-0.2, -0.15) is 5.26 Å². The molecule has 0 spiro atoms. The number of rotatable bonds is 0. The lowest BCUT2D eigenvalue weighted by atomic mass is 9.97. The maximum Gasteiger partial charge on any atom is 0.136 e. The van der Waals surface area contributed by atoms with Gasteiger partial charge in [0.15, 0.2) is 0 Å². The number of likely N-dealkylation sites (tertiary alicyclic amines) is 1. The SMILES string of the molecule is N#CC1CN(C(=O)[O-])CCC1O. The molecule has 0 aromatic carbocycles. The zero-order valence-corrected chi connectivity index (χ0v) is 6.43. The minimum absolute atomic E-state index is 0.0556. The van der Waals surface area contributed by atoms with Crippen molar-refractivity contribution in [2.24, 2.45) is 5.92 Å². The molecule has 1 aliphatic rings. The van der Waals surface area contributed by atoms with Gasteiger partial charge < -0.3 is 19.9 Å². The van der Waals surface area contributed by atoms with E-state index in [1.165, 1.54) is 0 Å². The van der Waals surface area contributed by atoms with E-state index in [9.17, 15) is 15.0 Å². The highest BCUT2D eigenvalue weighted by molar-refractivity contribution is 5.62. The van der Waals surface area contributed by atoms with E-state index in [0.717, 1.165) is 4.90 Å². The van der Waals surface area contributed by atoms with Gasteiger partial charge >= 0.3 is 0 Å². The third-order valence-corrected chi connectivity index (χ3v) is 2.00. The molecule has 1 heterocycles. The van der Waals surface area contributed by atoms with Crippen LogP contribution in [-0.2, 0) is 0 Å². The average Bonchev–Trinajstić information content (AvgIpc) is 2.05. The quantitative estimate of drug-likeness (QED) is 0.480. The Hall–Kier alpha value is -1.28. The first-order chi connectivity index (χ1) is 5.65. The highest BCUT2D eigenvalue weighted by Gasteiger charge is 2.27. The van der Waals surface area contributed by atoms with Crippen LogP contribution in [0.2, 0.25) is 0 Å². The summed E-state index contributed by atoms with van der Waals surface area (Å²) in [6.45, 7) is 0.307. The van der Waals surface area contributed by atoms with Crippen molar-refractivity contribution in [3.63, 3.8) is 0 Å². The highest BCUT2D eigenvalue weighted by atomic mass is 16.4. The van der Waals surface area contributed by atoms with Crippen LogP contribution in [0.1, 0.15) is 6.42 Å². The number of carbonyl (C=O) groups excluding carboxylic acids is 1. The Morgan fingerprint density at radius 2 is 2.42 bits per heavy atom. The fourth-order valence-electron chi connectivity index (χ4n) is 1.23. The molecule has 1 aliphatic heterocycles. The summed E-state index contributed by atoms with van der Waals surface area (Å²) in [5.41, 5.74) is 0. The van der Waals surface area contributed by atoms with Crippen molar-refractivity contribution in [3.8, 4) is 6.07 Å². The molecular weight excluding hydrogens is 160 g/mol. The predicted molar refractivity (Wildman–Crippen MR) is 36.7 cm³/mol. The van der Waals surface area contributed by atoms with Crippen molar-refractivity contribution in [2.45, 2.75) is 12.5 Å². The number of nitriles is 1. The van der Waals surface area contributed by atoms with Crippen molar-refractivity contribution >= 4 is 6.09 Å². The van der Waals surface area contributed by atoms with Crippen molar-refractivity contribution in [3.05, 3.63) is 0 Å². The van der Waals surface area contributed by atoms with Gasteiger partial charge in [-0.15, -0.1) is 0 Å². The summed E-state index contributed by atoms with van der Waals surface area (Å²) in [6, 6.07) is 1.86. The lowest BCUT2D eigenvalue weighted by Crippen LogP contribution is -2.50. The van der Waals surface area contributed by atoms with Gasteiger partial charge in [-0.1, -0.05) is 0 Å². The van der Waals surface area contributed by atoms with E-state index >= 15 is 0 Å². The van der Waals surface area contributed by atoms with Crippen LogP contribution in [-0.4, -0.2) is 35.3 Å². The highest BCUT2D eigenvalue weighted by Crippen LogP contribution is 2.15. The van der Waals surface area contributed by atoms with E-state index < -0.39 is 18.1 Å². The first kappa shape index (κ1) is 8.81. The second-order valence-corrected chi connectivity index (χ2v) is 2.80. The molecule has 0 aromatic heterocycles. The van der Waals surface area contributed by atoms with E-state index in [0.29, 0.717) is 6.42 Å². The summed E-state index contributed by atoms with van der Waals surface area (Å²) >= 11 is 0. The molecule has 12 heavy (non-hydrogen) atoms. The van der Waals surface area contributed by atoms with Crippen LogP contribution in [0.3, 0.4) is 0 Å². The van der Waals surface area contributed by atoms with Crippen LogP contribution < -0.4 is 5.11 Å². The van der Waals surface area contributed by atoms with Gasteiger partial charge in [-0.3, -0.25) is 0 Å². The minimum atomic E-state index is -1.28. The summed E-state index contributed by atoms with van der Waals surface area (Å²) in [5.74, 6) is -0.614. The fourth-order valence-corrected chi connectivity index (χ4v) is 1.23. The lowest BCUT2D eigenvalue weighted by molar-refractivity contribution is -0.267. The molecule has 1 amide bonds. The van der Waals surface area contributed by atoms with E-state index in [2.05, 4.69) is 0 Å². The van der Waals surface area contributed by atoms with Crippen LogP contribution in [0.5, 0.6) is 0 Å². The Kier molecular flexibility index (Phi) is 2.51. The van der Waals surface area contributed by atoms with E-state index in [1.807, 2.05) is 6.07 Å². The Bertz CT molecular complexity index is 223. The van der Waals surface area contributed by atoms with Crippen molar-refractivity contribution in [1.29, 1.82) is 5.26 Å². The summed E-state index contributed by atoms with van der Waals surface area (Å²) in [5, 5.41) is 28.1. The Labute approximate surface area is 69.8 Å². The molecule has 0 aliphatic carbocycles. The van der Waals surface area contributed by atoms with Crippen LogP contribution in [0.4, 0.5) is 4.79 Å². The van der Waals surface area contributed by atoms with E-state index in [-0.39, 0.29) is 13.1 Å². The maximum absolute atomic E-state index is 10.3. The number of hydrogen-bond acceptors (Lipinski definition) is 4. The predicted octanol–water partition coefficient (Wildman–Crippen LogP) is -1.46. The number of aliphatic hydroxyl groups excluding tert-OH is 1. The number of aliphatic hydroxyl groups is 1. The van der Waals surface area contributed by atoms with Crippen molar-refractivity contribution < 1.29 is 15.0 Å². The summed E-state index contributed by atoms with van der Waals surface area (Å²) in [7, 11) is 0. The summed E-state index contributed by atoms with van der Waals surface area (Å²) < 4.78 is 0. The zero-order chi connectivity index (χ0) is 9.14. The number of hydrogen-bond donors (Lipinski definition) is 1. The fraction of sp³-hybridized carbons (Fsp3) is 0.714. The number of carboxylic acid groups (broad SMARTS) is 1. The number of piperidine rings is 1. The van der Waals surface area contributed by atoms with Gasteiger partial charge in [-0.25, -0.2) is 0 Å². The second kappa shape index (κ2) is 3.41. The van der Waals surface area contributed by atoms with E-state index in [4.69, 9.17) is 5.26 Å². The molecule has 0 radical (unpaired) electrons. The summed E-state index contributed by atoms with van der Waals surface area (Å²) in [4.78, 5) is 11.4. The molecule has 1 saturated heterocycles. The maximum atomic E-state index is 10.3. The van der Waals surface area contributed by atoms with Crippen LogP contribution in [0.15, 0.2) is 0 Å². The van der Waals surface area contributed by atoms with Crippen LogP contribution in [0.25, 0.3) is 0 Å². The van der Waals surface area contributed by atoms with Crippen LogP contribution in [0, 0.1) is 17.2 Å². The number of nitrogens with zero attached hydrogens (tertiary/aromatic N) is 2. The van der Waals surface area contributed by atoms with Gasteiger partial charge in [-0.05, 0) is 6.42 Å². The van der Waals surface area contributed by atoms with E-state index in [1.54, 1.807) is 0 Å². The molecule has 0 aromatic rings. The van der Waals surface area contributed by atoms with Crippen molar-refractivity contribution in [2.75, 3.05) is 13.1 Å². The minimum Gasteiger partial charge on any atom is -0.530 e. The topological polar surface area (TPSA) is 87.4 Å². The van der Waals surface area contributed by atoms with Gasteiger partial charge in [0.1, 0.15) is 6.09 Å². The molecule has 1 rings (SSSR count). The Balaban J connectivity index is 2.57. The smallest absolute Gasteiger partial charge is 0.136 e. The molecule has 0 bridgehead atoms. The molecule has 1 fully saturated rings. The normalized spacial score (nSPS) is 29.5. The first-order valence-corrected chi connectivity index (χ1v) is 3.68. The standard InChI is InChI=1S/C7H10N2O3/c8-3-5-4-9(7(11)12)2-1-6(5)10/h5-6,10H,1-2,4H2,(H,11,12)/p-1. The third kappa shape index (κ3) is 1.66. The van der Waals surface area contributed by atoms with Gasteiger partial charge in [0.25, 0.3) is 0 Å².